The van der Waals surface area contributed by atoms with Crippen LogP contribution in [0, 0.1) is 5.82 Å². The van der Waals surface area contributed by atoms with Gasteiger partial charge in [0.25, 0.3) is 0 Å². The average Bonchev–Trinajstić information content (AvgIpc) is 2.46. The molecule has 0 bridgehead atoms. The highest BCUT2D eigenvalue weighted by atomic mass is 32.2. The number of hydrogen-bond acceptors (Lipinski definition) is 3. The first-order valence-corrected chi connectivity index (χ1v) is 7.86. The molecule has 0 saturated heterocycles. The van der Waals surface area contributed by atoms with Crippen LogP contribution < -0.4 is 5.73 Å². The molecule has 21 heavy (non-hydrogen) atoms. The van der Waals surface area contributed by atoms with Gasteiger partial charge < -0.3 is 5.73 Å². The van der Waals surface area contributed by atoms with E-state index < -0.39 is 21.9 Å². The molecule has 0 radical (unpaired) electrons. The minimum Gasteiger partial charge on any atom is -0.399 e. The van der Waals surface area contributed by atoms with E-state index in [2.05, 4.69) is 0 Å². The van der Waals surface area contributed by atoms with Gasteiger partial charge in [-0.05, 0) is 31.2 Å². The predicted molar refractivity (Wildman–Crippen MR) is 80.6 cm³/mol. The second-order valence-corrected chi connectivity index (χ2v) is 6.79. The molecule has 2 rings (SSSR count). The average molecular weight is 308 g/mol. The van der Waals surface area contributed by atoms with Crippen LogP contribution >= 0.6 is 0 Å². The SMILES string of the molecule is CC(c1ccccc1F)N(C)S(=O)(=O)c1cccc(N)c1. The van der Waals surface area contributed by atoms with E-state index >= 15 is 0 Å². The van der Waals surface area contributed by atoms with Crippen LogP contribution in [-0.4, -0.2) is 19.8 Å². The zero-order valence-corrected chi connectivity index (χ0v) is 12.6. The van der Waals surface area contributed by atoms with Crippen LogP contribution in [0.3, 0.4) is 0 Å². The van der Waals surface area contributed by atoms with Gasteiger partial charge in [0.1, 0.15) is 5.82 Å². The lowest BCUT2D eigenvalue weighted by atomic mass is 10.1. The smallest absolute Gasteiger partial charge is 0.243 e. The second-order valence-electron chi connectivity index (χ2n) is 4.79. The number of sulfonamides is 1. The van der Waals surface area contributed by atoms with Crippen LogP contribution in [0.4, 0.5) is 10.1 Å². The van der Waals surface area contributed by atoms with Gasteiger partial charge in [0.15, 0.2) is 0 Å². The molecule has 6 heteroatoms. The number of benzene rings is 2. The summed E-state index contributed by atoms with van der Waals surface area (Å²) < 4.78 is 40.1. The highest BCUT2D eigenvalue weighted by molar-refractivity contribution is 7.89. The summed E-state index contributed by atoms with van der Waals surface area (Å²) in [6, 6.07) is 11.5. The molecular formula is C15H17FN2O2S. The number of halogens is 1. The van der Waals surface area contributed by atoms with Crippen LogP contribution in [-0.2, 0) is 10.0 Å². The summed E-state index contributed by atoms with van der Waals surface area (Å²) in [6.45, 7) is 1.64. The fourth-order valence-corrected chi connectivity index (χ4v) is 3.46. The van der Waals surface area contributed by atoms with Gasteiger partial charge in [-0.1, -0.05) is 24.3 Å². The Morgan fingerprint density at radius 1 is 1.14 bits per heavy atom. The third-order valence-electron chi connectivity index (χ3n) is 3.44. The summed E-state index contributed by atoms with van der Waals surface area (Å²) in [5.41, 5.74) is 6.31. The molecule has 0 fully saturated rings. The van der Waals surface area contributed by atoms with Crippen molar-refractivity contribution in [2.45, 2.75) is 17.9 Å². The lowest BCUT2D eigenvalue weighted by Gasteiger charge is -2.25. The van der Waals surface area contributed by atoms with Gasteiger partial charge in [0.2, 0.25) is 10.0 Å². The maximum absolute atomic E-state index is 13.8. The van der Waals surface area contributed by atoms with E-state index in [1.165, 1.54) is 25.2 Å². The molecule has 0 spiro atoms. The summed E-state index contributed by atoms with van der Waals surface area (Å²) in [7, 11) is -2.31. The summed E-state index contributed by atoms with van der Waals surface area (Å²) in [6.07, 6.45) is 0. The molecule has 0 saturated carbocycles. The second kappa shape index (κ2) is 5.83. The topological polar surface area (TPSA) is 63.4 Å². The first kappa shape index (κ1) is 15.5. The molecule has 1 atom stereocenters. The highest BCUT2D eigenvalue weighted by Crippen LogP contribution is 2.27. The normalized spacial score (nSPS) is 13.3. The summed E-state index contributed by atoms with van der Waals surface area (Å²) in [5, 5.41) is 0. The molecule has 4 nitrogen and oxygen atoms in total. The lowest BCUT2D eigenvalue weighted by Crippen LogP contribution is -2.30. The number of nitrogen functional groups attached to an aromatic ring is 1. The standard InChI is InChI=1S/C15H17FN2O2S/c1-11(14-8-3-4-9-15(14)16)18(2)21(19,20)13-7-5-6-12(17)10-13/h3-11H,17H2,1-2H3. The van der Waals surface area contributed by atoms with Crippen LogP contribution in [0.1, 0.15) is 18.5 Å². The van der Waals surface area contributed by atoms with Crippen molar-refractivity contribution in [2.24, 2.45) is 0 Å². The lowest BCUT2D eigenvalue weighted by molar-refractivity contribution is 0.387. The van der Waals surface area contributed by atoms with Gasteiger partial charge in [0, 0.05) is 24.3 Å². The fraction of sp³-hybridized carbons (Fsp3) is 0.200. The molecule has 2 aromatic carbocycles. The van der Waals surface area contributed by atoms with E-state index in [1.54, 1.807) is 37.3 Å². The van der Waals surface area contributed by atoms with Crippen LogP contribution in [0.25, 0.3) is 0 Å². The zero-order chi connectivity index (χ0) is 15.6. The molecular weight excluding hydrogens is 291 g/mol. The Morgan fingerprint density at radius 3 is 2.43 bits per heavy atom. The summed E-state index contributed by atoms with van der Waals surface area (Å²) in [5.74, 6) is -0.431. The van der Waals surface area contributed by atoms with E-state index in [4.69, 9.17) is 5.73 Å². The molecule has 0 aliphatic carbocycles. The van der Waals surface area contributed by atoms with E-state index in [0.717, 1.165) is 4.31 Å². The number of hydrogen-bond donors (Lipinski definition) is 1. The van der Waals surface area contributed by atoms with E-state index in [0.29, 0.717) is 11.3 Å². The Bertz CT molecular complexity index is 747. The van der Waals surface area contributed by atoms with Crippen molar-refractivity contribution in [2.75, 3.05) is 12.8 Å². The highest BCUT2D eigenvalue weighted by Gasteiger charge is 2.27. The molecule has 0 aromatic heterocycles. The molecule has 2 N–H and O–H groups in total. The first-order chi connectivity index (χ1) is 9.84. The van der Waals surface area contributed by atoms with Gasteiger partial charge in [-0.3, -0.25) is 0 Å². The third-order valence-corrected chi connectivity index (χ3v) is 5.36. The Balaban J connectivity index is 2.39. The zero-order valence-electron chi connectivity index (χ0n) is 11.8. The molecule has 112 valence electrons. The Hall–Kier alpha value is -1.92. The van der Waals surface area contributed by atoms with Gasteiger partial charge in [0.05, 0.1) is 4.90 Å². The molecule has 0 aliphatic rings. The van der Waals surface area contributed by atoms with E-state index in [9.17, 15) is 12.8 Å². The fourth-order valence-electron chi connectivity index (χ4n) is 2.06. The van der Waals surface area contributed by atoms with E-state index in [-0.39, 0.29) is 4.90 Å². The Labute approximate surface area is 124 Å². The molecule has 0 heterocycles. The number of nitrogens with zero attached hydrogens (tertiary/aromatic N) is 1. The minimum absolute atomic E-state index is 0.0909. The molecule has 0 amide bonds. The minimum atomic E-state index is -3.74. The van der Waals surface area contributed by atoms with Crippen molar-refractivity contribution < 1.29 is 12.8 Å². The van der Waals surface area contributed by atoms with Gasteiger partial charge in [-0.15, -0.1) is 0 Å². The van der Waals surface area contributed by atoms with Gasteiger partial charge in [-0.2, -0.15) is 4.31 Å². The molecule has 2 aromatic rings. The Kier molecular flexibility index (Phi) is 4.29. The third kappa shape index (κ3) is 3.06. The van der Waals surface area contributed by atoms with E-state index in [1.807, 2.05) is 0 Å². The molecule has 0 aliphatic heterocycles. The first-order valence-electron chi connectivity index (χ1n) is 6.42. The predicted octanol–water partition coefficient (Wildman–Crippen LogP) is 2.79. The largest absolute Gasteiger partial charge is 0.399 e. The number of rotatable bonds is 4. The van der Waals surface area contributed by atoms with Crippen molar-refractivity contribution in [3.05, 3.63) is 59.9 Å². The maximum Gasteiger partial charge on any atom is 0.243 e. The van der Waals surface area contributed by atoms with Crippen molar-refractivity contribution in [1.29, 1.82) is 0 Å². The van der Waals surface area contributed by atoms with Crippen molar-refractivity contribution >= 4 is 15.7 Å². The monoisotopic (exact) mass is 308 g/mol. The van der Waals surface area contributed by atoms with Crippen molar-refractivity contribution in [3.63, 3.8) is 0 Å². The summed E-state index contributed by atoms with van der Waals surface area (Å²) in [4.78, 5) is 0.0909. The van der Waals surface area contributed by atoms with Crippen LogP contribution in [0.2, 0.25) is 0 Å². The van der Waals surface area contributed by atoms with Crippen molar-refractivity contribution in [1.82, 2.24) is 4.31 Å². The quantitative estimate of drug-likeness (QED) is 0.883. The number of anilines is 1. The maximum atomic E-state index is 13.8. The Morgan fingerprint density at radius 2 is 1.81 bits per heavy atom. The van der Waals surface area contributed by atoms with Crippen molar-refractivity contribution in [3.8, 4) is 0 Å². The van der Waals surface area contributed by atoms with Crippen LogP contribution in [0.15, 0.2) is 53.4 Å². The summed E-state index contributed by atoms with van der Waals surface area (Å²) >= 11 is 0. The van der Waals surface area contributed by atoms with Gasteiger partial charge in [-0.25, -0.2) is 12.8 Å². The van der Waals surface area contributed by atoms with Crippen LogP contribution in [0.5, 0.6) is 0 Å². The van der Waals surface area contributed by atoms with Gasteiger partial charge >= 0.3 is 0 Å². The molecule has 1 unspecified atom stereocenters. The number of nitrogens with two attached hydrogens (primary N) is 1.